The molecule has 2 aliphatic heterocycles. The van der Waals surface area contributed by atoms with Crippen LogP contribution in [0.4, 0.5) is 8.78 Å². The predicted octanol–water partition coefficient (Wildman–Crippen LogP) is 4.80. The molecule has 0 radical (unpaired) electrons. The van der Waals surface area contributed by atoms with Crippen LogP contribution in [0, 0.1) is 6.92 Å². The van der Waals surface area contributed by atoms with Crippen molar-refractivity contribution in [2.45, 2.75) is 37.0 Å². The molecule has 9 nitrogen and oxygen atoms in total. The molecule has 4 aromatic rings. The smallest absolute Gasteiger partial charge is 0.395 e. The molecule has 0 bridgehead atoms. The van der Waals surface area contributed by atoms with Crippen LogP contribution in [-0.2, 0) is 10.0 Å². The van der Waals surface area contributed by atoms with Crippen molar-refractivity contribution < 1.29 is 26.7 Å². The number of aromatic nitrogens is 4. The SMILES string of the molecule is Cc1ccnc2c1nc(-c1ccncc1Cl)n2C1CCN(S(=O)(=O)c2ccc3c(c2)OC(F)(F)O3)CC1. The Morgan fingerprint density at radius 3 is 2.59 bits per heavy atom. The highest BCUT2D eigenvalue weighted by atomic mass is 35.5. The highest BCUT2D eigenvalue weighted by Crippen LogP contribution is 2.43. The van der Waals surface area contributed by atoms with Gasteiger partial charge in [0, 0.05) is 49.4 Å². The third kappa shape index (κ3) is 4.09. The Morgan fingerprint density at radius 2 is 1.84 bits per heavy atom. The Labute approximate surface area is 215 Å². The van der Waals surface area contributed by atoms with Crippen molar-refractivity contribution in [3.63, 3.8) is 0 Å². The van der Waals surface area contributed by atoms with Gasteiger partial charge in [0.05, 0.1) is 9.92 Å². The summed E-state index contributed by atoms with van der Waals surface area (Å²) < 4.78 is 65.6. The van der Waals surface area contributed by atoms with Crippen molar-refractivity contribution in [3.8, 4) is 22.9 Å². The van der Waals surface area contributed by atoms with Gasteiger partial charge in [0.15, 0.2) is 17.1 Å². The van der Waals surface area contributed by atoms with Gasteiger partial charge in [0.2, 0.25) is 10.0 Å². The zero-order valence-corrected chi connectivity index (χ0v) is 21.0. The molecule has 192 valence electrons. The molecule has 2 aliphatic rings. The minimum Gasteiger partial charge on any atom is -0.395 e. The molecule has 1 aromatic carbocycles. The summed E-state index contributed by atoms with van der Waals surface area (Å²) >= 11 is 6.46. The van der Waals surface area contributed by atoms with Gasteiger partial charge >= 0.3 is 6.29 Å². The number of ether oxygens (including phenoxy) is 2. The highest BCUT2D eigenvalue weighted by molar-refractivity contribution is 7.89. The first-order chi connectivity index (χ1) is 17.6. The van der Waals surface area contributed by atoms with E-state index in [2.05, 4.69) is 19.4 Å². The molecule has 3 aromatic heterocycles. The number of hydrogen-bond acceptors (Lipinski definition) is 7. The summed E-state index contributed by atoms with van der Waals surface area (Å²) in [6.45, 7) is 2.38. The second-order valence-corrected chi connectivity index (χ2v) is 11.2. The van der Waals surface area contributed by atoms with Crippen molar-refractivity contribution in [2.24, 2.45) is 0 Å². The Kier molecular flexibility index (Phi) is 5.58. The van der Waals surface area contributed by atoms with Crippen LogP contribution in [0.15, 0.2) is 53.8 Å². The first kappa shape index (κ1) is 24.0. The van der Waals surface area contributed by atoms with E-state index < -0.39 is 16.3 Å². The maximum atomic E-state index is 13.4. The van der Waals surface area contributed by atoms with Gasteiger partial charge in [-0.05, 0) is 49.6 Å². The van der Waals surface area contributed by atoms with Gasteiger partial charge in [-0.1, -0.05) is 11.6 Å². The zero-order valence-electron chi connectivity index (χ0n) is 19.4. The van der Waals surface area contributed by atoms with Crippen LogP contribution < -0.4 is 9.47 Å². The lowest BCUT2D eigenvalue weighted by Crippen LogP contribution is -2.39. The van der Waals surface area contributed by atoms with Crippen LogP contribution in [0.1, 0.15) is 24.4 Å². The van der Waals surface area contributed by atoms with Crippen molar-refractivity contribution >= 4 is 32.8 Å². The van der Waals surface area contributed by atoms with Crippen LogP contribution in [-0.4, -0.2) is 51.6 Å². The average molecular weight is 548 g/mol. The van der Waals surface area contributed by atoms with Crippen molar-refractivity contribution in [2.75, 3.05) is 13.1 Å². The molecule has 0 atom stereocenters. The van der Waals surface area contributed by atoms with Gasteiger partial charge in [-0.15, -0.1) is 8.78 Å². The first-order valence-corrected chi connectivity index (χ1v) is 13.3. The molecule has 6 rings (SSSR count). The number of aryl methyl sites for hydroxylation is 1. The number of nitrogens with zero attached hydrogens (tertiary/aromatic N) is 5. The lowest BCUT2D eigenvalue weighted by Gasteiger charge is -2.32. The summed E-state index contributed by atoms with van der Waals surface area (Å²) in [6.07, 6.45) is 2.06. The van der Waals surface area contributed by atoms with E-state index in [-0.39, 0.29) is 35.5 Å². The molecule has 0 saturated carbocycles. The summed E-state index contributed by atoms with van der Waals surface area (Å²) in [5, 5.41) is 0.449. The molecule has 37 heavy (non-hydrogen) atoms. The zero-order chi connectivity index (χ0) is 25.9. The fourth-order valence-corrected chi connectivity index (χ4v) is 6.47. The van der Waals surface area contributed by atoms with Crippen LogP contribution in [0.3, 0.4) is 0 Å². The number of halogens is 3. The molecular formula is C24H20ClF2N5O4S. The van der Waals surface area contributed by atoms with Crippen LogP contribution in [0.2, 0.25) is 5.02 Å². The maximum Gasteiger partial charge on any atom is 0.586 e. The summed E-state index contributed by atoms with van der Waals surface area (Å²) in [5.74, 6) is 0.119. The van der Waals surface area contributed by atoms with E-state index in [0.29, 0.717) is 34.9 Å². The molecular weight excluding hydrogens is 528 g/mol. The fraction of sp³-hybridized carbons (Fsp3) is 0.292. The van der Waals surface area contributed by atoms with Crippen molar-refractivity contribution in [3.05, 3.63) is 59.5 Å². The maximum absolute atomic E-state index is 13.4. The third-order valence-electron chi connectivity index (χ3n) is 6.59. The Hall–Kier alpha value is -3.35. The predicted molar refractivity (Wildman–Crippen MR) is 130 cm³/mol. The minimum absolute atomic E-state index is 0.0968. The summed E-state index contributed by atoms with van der Waals surface area (Å²) in [7, 11) is -3.95. The second kappa shape index (κ2) is 8.61. The molecule has 13 heteroatoms. The Balaban J connectivity index is 1.30. The van der Waals surface area contributed by atoms with Gasteiger partial charge < -0.3 is 14.0 Å². The second-order valence-electron chi connectivity index (χ2n) is 8.87. The van der Waals surface area contributed by atoms with E-state index in [4.69, 9.17) is 16.6 Å². The largest absolute Gasteiger partial charge is 0.586 e. The summed E-state index contributed by atoms with van der Waals surface area (Å²) in [5.41, 5.74) is 3.11. The highest BCUT2D eigenvalue weighted by Gasteiger charge is 2.44. The van der Waals surface area contributed by atoms with Gasteiger partial charge in [0.1, 0.15) is 11.3 Å². The van der Waals surface area contributed by atoms with Gasteiger partial charge in [-0.3, -0.25) is 4.98 Å². The standard InChI is InChI=1S/C24H20ClF2N5O4S/c1-14-4-9-29-23-21(14)30-22(17-5-8-28-13-18(17)25)32(23)15-6-10-31(11-7-15)37(33,34)16-2-3-19-20(12-16)36-24(26,27)35-19/h2-5,8-9,12-13,15H,6-7,10-11H2,1H3. The van der Waals surface area contributed by atoms with E-state index in [1.807, 2.05) is 17.6 Å². The molecule has 0 N–H and O–H groups in total. The molecule has 0 unspecified atom stereocenters. The van der Waals surface area contributed by atoms with Crippen LogP contribution >= 0.6 is 11.6 Å². The summed E-state index contributed by atoms with van der Waals surface area (Å²) in [4.78, 5) is 13.3. The van der Waals surface area contributed by atoms with Crippen molar-refractivity contribution in [1.82, 2.24) is 23.8 Å². The van der Waals surface area contributed by atoms with Gasteiger partial charge in [-0.25, -0.2) is 18.4 Å². The van der Waals surface area contributed by atoms with Crippen LogP contribution in [0.5, 0.6) is 11.5 Å². The minimum atomic E-state index is -3.95. The number of imidazole rings is 1. The molecule has 5 heterocycles. The van der Waals surface area contributed by atoms with E-state index in [1.165, 1.54) is 16.4 Å². The summed E-state index contributed by atoms with van der Waals surface area (Å²) in [6, 6.07) is 7.06. The number of piperidine rings is 1. The number of rotatable bonds is 4. The number of hydrogen-bond donors (Lipinski definition) is 0. The lowest BCUT2D eigenvalue weighted by atomic mass is 10.1. The van der Waals surface area contributed by atoms with E-state index >= 15 is 0 Å². The average Bonchev–Trinajstić information content (AvgIpc) is 3.40. The lowest BCUT2D eigenvalue weighted by molar-refractivity contribution is -0.286. The third-order valence-corrected chi connectivity index (χ3v) is 8.79. The Morgan fingerprint density at radius 1 is 1.08 bits per heavy atom. The number of fused-ring (bicyclic) bond motifs is 2. The van der Waals surface area contributed by atoms with E-state index in [1.54, 1.807) is 24.7 Å². The molecule has 0 spiro atoms. The van der Waals surface area contributed by atoms with Crippen molar-refractivity contribution in [1.29, 1.82) is 0 Å². The normalized spacial score (nSPS) is 17.9. The molecule has 0 aliphatic carbocycles. The Bertz CT molecular complexity index is 1640. The fourth-order valence-electron chi connectivity index (χ4n) is 4.78. The monoisotopic (exact) mass is 547 g/mol. The number of alkyl halides is 2. The van der Waals surface area contributed by atoms with Gasteiger partial charge in [-0.2, -0.15) is 4.31 Å². The number of sulfonamides is 1. The van der Waals surface area contributed by atoms with E-state index in [9.17, 15) is 17.2 Å². The number of pyridine rings is 2. The molecule has 1 saturated heterocycles. The topological polar surface area (TPSA) is 99.4 Å². The molecule has 1 fully saturated rings. The van der Waals surface area contributed by atoms with E-state index in [0.717, 1.165) is 17.1 Å². The number of benzene rings is 1. The first-order valence-electron chi connectivity index (χ1n) is 11.5. The molecule has 0 amide bonds. The van der Waals surface area contributed by atoms with Crippen LogP contribution in [0.25, 0.3) is 22.6 Å². The quantitative estimate of drug-likeness (QED) is 0.362. The van der Waals surface area contributed by atoms with Gasteiger partial charge in [0.25, 0.3) is 0 Å².